The van der Waals surface area contributed by atoms with Crippen molar-refractivity contribution >= 4 is 69.3 Å². The number of thiophene rings is 1. The minimum absolute atomic E-state index is 0. The molecule has 2 aromatic heterocycles. The van der Waals surface area contributed by atoms with Crippen LogP contribution in [0.4, 0.5) is 11.5 Å². The highest BCUT2D eigenvalue weighted by Crippen LogP contribution is 2.34. The number of para-hydroxylation sites is 1. The highest BCUT2D eigenvalue weighted by Gasteiger charge is 2.11. The summed E-state index contributed by atoms with van der Waals surface area (Å²) in [7, 11) is 0. The molecule has 2 aromatic carbocycles. The first-order valence-electron chi connectivity index (χ1n) is 9.25. The Bertz CT molecular complexity index is 1100. The molecule has 7 heteroatoms. The molecule has 2 heterocycles. The standard InChI is InChI=1S/C22H23N3OS.2ClH/c1-3-25(4-2)12-15-11-16(9-10-21(15)26)23-22-19-14-27-13-18(19)17-7-5-6-8-20(17)24-22;;/h5-11,13-14,26H,3-4,12H2,1-2H3,(H,23,24);2*1H. The van der Waals surface area contributed by atoms with Gasteiger partial charge in [0.25, 0.3) is 0 Å². The summed E-state index contributed by atoms with van der Waals surface area (Å²) in [4.78, 5) is 7.12. The van der Waals surface area contributed by atoms with E-state index in [1.54, 1.807) is 17.4 Å². The highest BCUT2D eigenvalue weighted by molar-refractivity contribution is 7.09. The lowest BCUT2D eigenvalue weighted by molar-refractivity contribution is 0.291. The summed E-state index contributed by atoms with van der Waals surface area (Å²) in [5.41, 5.74) is 2.84. The number of anilines is 2. The van der Waals surface area contributed by atoms with Crippen molar-refractivity contribution in [2.45, 2.75) is 20.4 Å². The number of phenols is 1. The third-order valence-corrected chi connectivity index (χ3v) is 5.72. The molecular weight excluding hydrogens is 425 g/mol. The fourth-order valence-corrected chi connectivity index (χ4v) is 4.21. The second kappa shape index (κ2) is 10.1. The Balaban J connectivity index is 0.00000150. The van der Waals surface area contributed by atoms with Gasteiger partial charge in [-0.25, -0.2) is 4.98 Å². The Hall–Kier alpha value is -2.05. The van der Waals surface area contributed by atoms with Crippen LogP contribution in [-0.2, 0) is 6.54 Å². The van der Waals surface area contributed by atoms with Crippen molar-refractivity contribution in [3.8, 4) is 5.75 Å². The Kier molecular flexibility index (Phi) is 8.11. The molecule has 0 saturated heterocycles. The van der Waals surface area contributed by atoms with E-state index in [-0.39, 0.29) is 24.8 Å². The van der Waals surface area contributed by atoms with Crippen molar-refractivity contribution in [1.29, 1.82) is 0 Å². The number of hydrogen-bond donors (Lipinski definition) is 2. The van der Waals surface area contributed by atoms with Gasteiger partial charge in [-0.15, -0.1) is 24.8 Å². The Morgan fingerprint density at radius 3 is 2.45 bits per heavy atom. The van der Waals surface area contributed by atoms with Crippen molar-refractivity contribution in [3.63, 3.8) is 0 Å². The van der Waals surface area contributed by atoms with E-state index in [0.717, 1.165) is 47.6 Å². The maximum Gasteiger partial charge on any atom is 0.139 e. The summed E-state index contributed by atoms with van der Waals surface area (Å²) < 4.78 is 0. The summed E-state index contributed by atoms with van der Waals surface area (Å²) in [6.07, 6.45) is 0. The van der Waals surface area contributed by atoms with Crippen molar-refractivity contribution < 1.29 is 5.11 Å². The van der Waals surface area contributed by atoms with Crippen molar-refractivity contribution in [3.05, 3.63) is 58.8 Å². The third-order valence-electron chi connectivity index (χ3n) is 4.97. The second-order valence-corrected chi connectivity index (χ2v) is 7.35. The molecule has 2 N–H and O–H groups in total. The number of aromatic hydroxyl groups is 1. The van der Waals surface area contributed by atoms with Crippen LogP contribution in [0, 0.1) is 0 Å². The van der Waals surface area contributed by atoms with Crippen LogP contribution in [0.3, 0.4) is 0 Å². The van der Waals surface area contributed by atoms with Gasteiger partial charge >= 0.3 is 0 Å². The van der Waals surface area contributed by atoms with Crippen LogP contribution in [0.15, 0.2) is 53.2 Å². The molecule has 0 aliphatic heterocycles. The molecule has 29 heavy (non-hydrogen) atoms. The second-order valence-electron chi connectivity index (χ2n) is 6.61. The van der Waals surface area contributed by atoms with Crippen LogP contribution < -0.4 is 5.32 Å². The smallest absolute Gasteiger partial charge is 0.139 e. The van der Waals surface area contributed by atoms with Gasteiger partial charge in [-0.05, 0) is 42.7 Å². The first-order chi connectivity index (χ1) is 13.2. The number of halogens is 2. The number of nitrogens with one attached hydrogen (secondary N) is 1. The van der Waals surface area contributed by atoms with E-state index in [2.05, 4.69) is 40.9 Å². The van der Waals surface area contributed by atoms with Crippen LogP contribution in [0.25, 0.3) is 21.7 Å². The molecule has 0 fully saturated rings. The maximum absolute atomic E-state index is 10.3. The first kappa shape index (κ1) is 23.2. The summed E-state index contributed by atoms with van der Waals surface area (Å²) in [5.74, 6) is 1.18. The molecule has 0 bridgehead atoms. The van der Waals surface area contributed by atoms with E-state index in [9.17, 15) is 5.11 Å². The number of phenolic OH excluding ortho intramolecular Hbond substituents is 1. The van der Waals surface area contributed by atoms with E-state index >= 15 is 0 Å². The highest BCUT2D eigenvalue weighted by atomic mass is 35.5. The van der Waals surface area contributed by atoms with Gasteiger partial charge in [0.2, 0.25) is 0 Å². The molecule has 0 aliphatic rings. The zero-order valence-electron chi connectivity index (χ0n) is 16.4. The average molecular weight is 450 g/mol. The van der Waals surface area contributed by atoms with Crippen LogP contribution in [0.5, 0.6) is 5.75 Å². The monoisotopic (exact) mass is 449 g/mol. The van der Waals surface area contributed by atoms with Gasteiger partial charge in [0.05, 0.1) is 5.52 Å². The predicted octanol–water partition coefficient (Wildman–Crippen LogP) is 6.58. The largest absolute Gasteiger partial charge is 0.508 e. The summed E-state index contributed by atoms with van der Waals surface area (Å²) in [6.45, 7) is 6.90. The van der Waals surface area contributed by atoms with Crippen molar-refractivity contribution in [2.24, 2.45) is 0 Å². The zero-order chi connectivity index (χ0) is 18.8. The number of hydrogen-bond acceptors (Lipinski definition) is 5. The van der Waals surface area contributed by atoms with Crippen LogP contribution in [-0.4, -0.2) is 28.1 Å². The molecule has 0 unspecified atom stereocenters. The number of pyridine rings is 1. The van der Waals surface area contributed by atoms with Gasteiger partial charge in [-0.2, -0.15) is 11.3 Å². The molecule has 154 valence electrons. The minimum atomic E-state index is 0. The number of benzene rings is 2. The van der Waals surface area contributed by atoms with E-state index in [4.69, 9.17) is 4.98 Å². The maximum atomic E-state index is 10.3. The predicted molar refractivity (Wildman–Crippen MR) is 130 cm³/mol. The molecule has 0 radical (unpaired) electrons. The average Bonchev–Trinajstić information content (AvgIpc) is 3.19. The summed E-state index contributed by atoms with van der Waals surface area (Å²) >= 11 is 1.69. The number of nitrogens with zero attached hydrogens (tertiary/aromatic N) is 2. The quantitative estimate of drug-likeness (QED) is 0.326. The molecule has 0 amide bonds. The molecule has 0 atom stereocenters. The van der Waals surface area contributed by atoms with Gasteiger partial charge in [-0.3, -0.25) is 4.90 Å². The van der Waals surface area contributed by atoms with Gasteiger partial charge < -0.3 is 10.4 Å². The topological polar surface area (TPSA) is 48.4 Å². The van der Waals surface area contributed by atoms with Crippen molar-refractivity contribution in [2.75, 3.05) is 18.4 Å². The van der Waals surface area contributed by atoms with Gasteiger partial charge in [0, 0.05) is 39.3 Å². The lowest BCUT2D eigenvalue weighted by atomic mass is 10.1. The number of fused-ring (bicyclic) bond motifs is 3. The first-order valence-corrected chi connectivity index (χ1v) is 10.2. The Morgan fingerprint density at radius 2 is 1.69 bits per heavy atom. The fourth-order valence-electron chi connectivity index (χ4n) is 3.38. The van der Waals surface area contributed by atoms with E-state index in [1.807, 2.05) is 30.3 Å². The lowest BCUT2D eigenvalue weighted by Crippen LogP contribution is -2.22. The normalized spacial score (nSPS) is 10.7. The Morgan fingerprint density at radius 1 is 0.966 bits per heavy atom. The van der Waals surface area contributed by atoms with E-state index < -0.39 is 0 Å². The molecule has 0 spiro atoms. The van der Waals surface area contributed by atoms with Gasteiger partial charge in [0.15, 0.2) is 0 Å². The van der Waals surface area contributed by atoms with E-state index in [0.29, 0.717) is 5.75 Å². The molecular formula is C22H25Cl2N3OS. The van der Waals surface area contributed by atoms with Gasteiger partial charge in [-0.1, -0.05) is 32.0 Å². The van der Waals surface area contributed by atoms with Crippen LogP contribution >= 0.6 is 36.2 Å². The fraction of sp³-hybridized carbons (Fsp3) is 0.227. The van der Waals surface area contributed by atoms with Crippen LogP contribution in [0.1, 0.15) is 19.4 Å². The molecule has 4 rings (SSSR count). The lowest BCUT2D eigenvalue weighted by Gasteiger charge is -2.19. The van der Waals surface area contributed by atoms with Gasteiger partial charge in [0.1, 0.15) is 11.6 Å². The summed E-state index contributed by atoms with van der Waals surface area (Å²) in [5, 5.41) is 21.5. The minimum Gasteiger partial charge on any atom is -0.508 e. The SMILES string of the molecule is CCN(CC)Cc1cc(Nc2nc3ccccc3c3cscc23)ccc1O.Cl.Cl. The Labute approximate surface area is 187 Å². The number of rotatable bonds is 6. The molecule has 4 aromatic rings. The molecule has 0 aliphatic carbocycles. The number of aromatic nitrogens is 1. The molecule has 0 saturated carbocycles. The zero-order valence-corrected chi connectivity index (χ0v) is 18.8. The third kappa shape index (κ3) is 4.75. The van der Waals surface area contributed by atoms with Crippen LogP contribution in [0.2, 0.25) is 0 Å². The summed E-state index contributed by atoms with van der Waals surface area (Å²) in [6, 6.07) is 13.9. The molecule has 4 nitrogen and oxygen atoms in total. The van der Waals surface area contributed by atoms with E-state index in [1.165, 1.54) is 10.8 Å². The van der Waals surface area contributed by atoms with Crippen molar-refractivity contribution in [1.82, 2.24) is 9.88 Å².